The predicted molar refractivity (Wildman–Crippen MR) is 94.4 cm³/mol. The summed E-state index contributed by atoms with van der Waals surface area (Å²) in [4.78, 5) is 40.0. The number of carbonyl (C=O) groups is 3. The first-order valence-corrected chi connectivity index (χ1v) is 8.62. The molecule has 142 valence electrons. The number of carbonyl (C=O) groups excluding carboxylic acids is 3. The van der Waals surface area contributed by atoms with Gasteiger partial charge in [-0.2, -0.15) is 0 Å². The molecule has 0 N–H and O–H groups in total. The Labute approximate surface area is 155 Å². The van der Waals surface area contributed by atoms with E-state index in [-0.39, 0.29) is 42.6 Å². The molecule has 2 aromatic rings. The van der Waals surface area contributed by atoms with E-state index in [0.29, 0.717) is 11.3 Å². The summed E-state index contributed by atoms with van der Waals surface area (Å²) >= 11 is 0. The lowest BCUT2D eigenvalue weighted by molar-refractivity contribution is 0.0318. The number of halogens is 1. The number of ketones is 1. The number of nitrogens with zero attached hydrogens (tertiary/aromatic N) is 3. The molecule has 1 aliphatic heterocycles. The molecule has 1 fully saturated rings. The summed E-state index contributed by atoms with van der Waals surface area (Å²) in [6, 6.07) is 7.25. The second-order valence-corrected chi connectivity index (χ2v) is 6.49. The zero-order chi connectivity index (χ0) is 19.6. The number of hydrogen-bond donors (Lipinski definition) is 0. The quantitative estimate of drug-likeness (QED) is 0.767. The molecular weight excluding hydrogens is 353 g/mol. The minimum atomic E-state index is -0.795. The smallest absolute Gasteiger partial charge is 0.292 e. The van der Waals surface area contributed by atoms with Crippen LogP contribution in [0.2, 0.25) is 0 Å². The van der Waals surface area contributed by atoms with Gasteiger partial charge in [-0.15, -0.1) is 0 Å². The highest BCUT2D eigenvalue weighted by atomic mass is 19.1. The van der Waals surface area contributed by atoms with E-state index in [1.807, 2.05) is 0 Å². The number of alkyl halides is 1. The van der Waals surface area contributed by atoms with Crippen molar-refractivity contribution in [3.8, 4) is 0 Å². The number of benzene rings is 1. The van der Waals surface area contributed by atoms with Gasteiger partial charge in [-0.25, -0.2) is 4.39 Å². The third kappa shape index (κ3) is 3.74. The van der Waals surface area contributed by atoms with Crippen LogP contribution in [0.1, 0.15) is 43.9 Å². The van der Waals surface area contributed by atoms with Gasteiger partial charge in [0.15, 0.2) is 5.78 Å². The summed E-state index contributed by atoms with van der Waals surface area (Å²) in [5.74, 6) is -0.959. The van der Waals surface area contributed by atoms with Gasteiger partial charge in [0, 0.05) is 31.3 Å². The number of aromatic nitrogens is 1. The molecule has 1 aliphatic rings. The number of rotatable bonds is 4. The summed E-state index contributed by atoms with van der Waals surface area (Å²) in [6.45, 7) is 2.74. The van der Waals surface area contributed by atoms with Gasteiger partial charge in [-0.05, 0) is 19.9 Å². The van der Waals surface area contributed by atoms with Gasteiger partial charge in [0.2, 0.25) is 5.76 Å². The van der Waals surface area contributed by atoms with Crippen molar-refractivity contribution in [3.05, 3.63) is 52.9 Å². The van der Waals surface area contributed by atoms with Crippen LogP contribution < -0.4 is 0 Å². The van der Waals surface area contributed by atoms with E-state index >= 15 is 0 Å². The van der Waals surface area contributed by atoms with Crippen molar-refractivity contribution in [1.82, 2.24) is 15.0 Å². The molecule has 1 aromatic heterocycles. The van der Waals surface area contributed by atoms with Crippen LogP contribution in [-0.2, 0) is 0 Å². The van der Waals surface area contributed by atoms with Gasteiger partial charge in [0.05, 0.1) is 17.3 Å². The molecule has 1 saturated heterocycles. The van der Waals surface area contributed by atoms with Crippen molar-refractivity contribution in [3.63, 3.8) is 0 Å². The van der Waals surface area contributed by atoms with Crippen LogP contribution in [0.15, 0.2) is 34.9 Å². The molecule has 8 heteroatoms. The van der Waals surface area contributed by atoms with Gasteiger partial charge in [-0.1, -0.05) is 23.4 Å². The number of Topliss-reactive ketones (excluding diaryl/α,β-unsaturated/α-hetero) is 1. The van der Waals surface area contributed by atoms with Gasteiger partial charge in [0.25, 0.3) is 11.8 Å². The third-order valence-electron chi connectivity index (χ3n) is 4.58. The van der Waals surface area contributed by atoms with Crippen molar-refractivity contribution >= 4 is 17.6 Å². The Balaban J connectivity index is 1.77. The van der Waals surface area contributed by atoms with Gasteiger partial charge >= 0.3 is 0 Å². The number of aryl methyl sites for hydroxylation is 1. The zero-order valence-corrected chi connectivity index (χ0v) is 15.1. The fourth-order valence-corrected chi connectivity index (χ4v) is 3.19. The van der Waals surface area contributed by atoms with Crippen molar-refractivity contribution in [1.29, 1.82) is 0 Å². The SMILES string of the molecule is CC(=O)c1ccccc1C(=O)N1CCN(C(=O)c2cc(C)no2)C(CF)C1. The van der Waals surface area contributed by atoms with Crippen LogP contribution in [0.25, 0.3) is 0 Å². The van der Waals surface area contributed by atoms with Crippen LogP contribution in [0.4, 0.5) is 4.39 Å². The fraction of sp³-hybridized carbons (Fsp3) is 0.368. The van der Waals surface area contributed by atoms with Gasteiger partial charge in [0.1, 0.15) is 6.67 Å². The normalized spacial score (nSPS) is 17.1. The average Bonchev–Trinajstić information content (AvgIpc) is 3.12. The maximum atomic E-state index is 13.6. The highest BCUT2D eigenvalue weighted by Gasteiger charge is 2.35. The van der Waals surface area contributed by atoms with E-state index in [9.17, 15) is 18.8 Å². The molecule has 0 spiro atoms. The predicted octanol–water partition coefficient (Wildman–Crippen LogP) is 2.12. The first-order chi connectivity index (χ1) is 12.9. The van der Waals surface area contributed by atoms with Crippen LogP contribution >= 0.6 is 0 Å². The third-order valence-corrected chi connectivity index (χ3v) is 4.58. The molecule has 0 saturated carbocycles. The van der Waals surface area contributed by atoms with E-state index in [1.54, 1.807) is 31.2 Å². The maximum Gasteiger partial charge on any atom is 0.292 e. The summed E-state index contributed by atoms with van der Waals surface area (Å²) in [6.07, 6.45) is 0. The minimum Gasteiger partial charge on any atom is -0.351 e. The summed E-state index contributed by atoms with van der Waals surface area (Å²) in [7, 11) is 0. The Morgan fingerprint density at radius 2 is 1.89 bits per heavy atom. The monoisotopic (exact) mass is 373 g/mol. The summed E-state index contributed by atoms with van der Waals surface area (Å²) in [5, 5.41) is 3.68. The zero-order valence-electron chi connectivity index (χ0n) is 15.1. The lowest BCUT2D eigenvalue weighted by Gasteiger charge is -2.40. The molecule has 1 atom stereocenters. The Bertz CT molecular complexity index is 879. The number of hydrogen-bond acceptors (Lipinski definition) is 5. The number of piperazine rings is 1. The highest BCUT2D eigenvalue weighted by molar-refractivity contribution is 6.07. The Kier molecular flexibility index (Phi) is 5.34. The molecule has 0 bridgehead atoms. The lowest BCUT2D eigenvalue weighted by atomic mass is 10.0. The summed E-state index contributed by atoms with van der Waals surface area (Å²) < 4.78 is 18.6. The molecule has 7 nitrogen and oxygen atoms in total. The average molecular weight is 373 g/mol. The summed E-state index contributed by atoms with van der Waals surface area (Å²) in [5.41, 5.74) is 1.17. The molecule has 0 radical (unpaired) electrons. The molecule has 2 heterocycles. The molecule has 1 aromatic carbocycles. The van der Waals surface area contributed by atoms with Crippen LogP contribution in [0.5, 0.6) is 0 Å². The molecule has 0 aliphatic carbocycles. The van der Waals surface area contributed by atoms with E-state index in [0.717, 1.165) is 0 Å². The van der Waals surface area contributed by atoms with Crippen molar-refractivity contribution < 1.29 is 23.3 Å². The van der Waals surface area contributed by atoms with Crippen LogP contribution in [0.3, 0.4) is 0 Å². The van der Waals surface area contributed by atoms with E-state index in [1.165, 1.54) is 22.8 Å². The second-order valence-electron chi connectivity index (χ2n) is 6.49. The van der Waals surface area contributed by atoms with Crippen LogP contribution in [-0.4, -0.2) is 64.9 Å². The maximum absolute atomic E-state index is 13.6. The van der Waals surface area contributed by atoms with E-state index in [2.05, 4.69) is 5.16 Å². The largest absolute Gasteiger partial charge is 0.351 e. The van der Waals surface area contributed by atoms with Crippen LogP contribution in [0, 0.1) is 6.92 Å². The highest BCUT2D eigenvalue weighted by Crippen LogP contribution is 2.19. The fourth-order valence-electron chi connectivity index (χ4n) is 3.19. The molecule has 2 amide bonds. The van der Waals surface area contributed by atoms with Gasteiger partial charge < -0.3 is 14.3 Å². The van der Waals surface area contributed by atoms with E-state index in [4.69, 9.17) is 4.52 Å². The molecule has 1 unspecified atom stereocenters. The van der Waals surface area contributed by atoms with Crippen molar-refractivity contribution in [2.24, 2.45) is 0 Å². The van der Waals surface area contributed by atoms with Crippen molar-refractivity contribution in [2.45, 2.75) is 19.9 Å². The number of amides is 2. The second kappa shape index (κ2) is 7.69. The van der Waals surface area contributed by atoms with E-state index < -0.39 is 18.6 Å². The lowest BCUT2D eigenvalue weighted by Crippen LogP contribution is -2.57. The molecular formula is C19H20FN3O4. The first-order valence-electron chi connectivity index (χ1n) is 8.62. The van der Waals surface area contributed by atoms with Gasteiger partial charge in [-0.3, -0.25) is 14.4 Å². The Morgan fingerprint density at radius 3 is 2.48 bits per heavy atom. The Morgan fingerprint density at radius 1 is 1.19 bits per heavy atom. The standard InChI is InChI=1S/C19H20FN3O4/c1-12-9-17(27-21-12)19(26)23-8-7-22(11-14(23)10-20)18(25)16-6-4-3-5-15(16)13(2)24/h3-6,9,14H,7-8,10-11H2,1-2H3. The van der Waals surface area contributed by atoms with Crippen molar-refractivity contribution in [2.75, 3.05) is 26.3 Å². The Hall–Kier alpha value is -3.03. The molecule has 3 rings (SSSR count). The first kappa shape index (κ1) is 18.8. The molecule has 27 heavy (non-hydrogen) atoms. The topological polar surface area (TPSA) is 83.7 Å². The minimum absolute atomic E-state index is 0.0421.